The molecule has 2 N–H and O–H groups in total. The fourth-order valence-corrected chi connectivity index (χ4v) is 3.92. The van der Waals surface area contributed by atoms with Crippen LogP contribution in [0.25, 0.3) is 0 Å². The van der Waals surface area contributed by atoms with Crippen LogP contribution in [0.1, 0.15) is 44.9 Å². The van der Waals surface area contributed by atoms with Gasteiger partial charge < -0.3 is 20.1 Å². The van der Waals surface area contributed by atoms with Crippen LogP contribution in [0.15, 0.2) is 36.4 Å². The van der Waals surface area contributed by atoms with E-state index >= 15 is 0 Å². The maximum atomic E-state index is 12.9. The summed E-state index contributed by atoms with van der Waals surface area (Å²) in [5.41, 5.74) is 2.31. The van der Waals surface area contributed by atoms with Crippen molar-refractivity contribution in [3.8, 4) is 5.75 Å². The Bertz CT molecular complexity index is 935. The number of hydrogen-bond acceptors (Lipinski definition) is 5. The van der Waals surface area contributed by atoms with E-state index in [1.165, 1.54) is 0 Å². The number of rotatable bonds is 6. The van der Waals surface area contributed by atoms with Gasteiger partial charge in [0, 0.05) is 42.1 Å². The fourth-order valence-electron chi connectivity index (χ4n) is 3.92. The van der Waals surface area contributed by atoms with Crippen molar-refractivity contribution in [3.05, 3.63) is 58.9 Å². The van der Waals surface area contributed by atoms with Gasteiger partial charge in [0.05, 0.1) is 20.3 Å². The average molecular weight is 395 g/mol. The lowest BCUT2D eigenvalue weighted by Gasteiger charge is -2.16. The second kappa shape index (κ2) is 7.83. The van der Waals surface area contributed by atoms with E-state index in [2.05, 4.69) is 15.6 Å². The number of carbonyl (C=O) groups is 2. The van der Waals surface area contributed by atoms with Gasteiger partial charge in [-0.25, -0.2) is 4.98 Å². The minimum Gasteiger partial charge on any atom is -0.497 e. The summed E-state index contributed by atoms with van der Waals surface area (Å²) in [6.07, 6.45) is 0. The number of amides is 2. The van der Waals surface area contributed by atoms with Crippen LogP contribution in [0.2, 0.25) is 0 Å². The van der Waals surface area contributed by atoms with Gasteiger partial charge in [-0.2, -0.15) is 0 Å². The number of hydrogen-bond donors (Lipinski definition) is 2. The molecule has 0 bridgehead atoms. The molecule has 29 heavy (non-hydrogen) atoms. The van der Waals surface area contributed by atoms with Crippen LogP contribution in [-0.2, 0) is 4.74 Å². The average Bonchev–Trinajstić information content (AvgIpc) is 3.17. The summed E-state index contributed by atoms with van der Waals surface area (Å²) >= 11 is 0. The van der Waals surface area contributed by atoms with Gasteiger partial charge in [0.1, 0.15) is 11.4 Å². The van der Waals surface area contributed by atoms with E-state index in [1.807, 2.05) is 31.2 Å². The van der Waals surface area contributed by atoms with Crippen LogP contribution in [-0.4, -0.2) is 50.2 Å². The highest BCUT2D eigenvalue weighted by Gasteiger charge is 2.54. The maximum Gasteiger partial charge on any atom is 0.269 e. The predicted molar refractivity (Wildman–Crippen MR) is 107 cm³/mol. The lowest BCUT2D eigenvalue weighted by Crippen LogP contribution is -2.30. The summed E-state index contributed by atoms with van der Waals surface area (Å²) in [4.78, 5) is 29.6. The molecule has 1 saturated carbocycles. The SMILES string of the molecule is CNC(=O)c1cc(C(=O)NC2[C@H]3COC[C@@H]23)cc([C@H](C)c2cccc(OC)c2)n1. The van der Waals surface area contributed by atoms with Crippen LogP contribution >= 0.6 is 0 Å². The number of fused-ring (bicyclic) bond motifs is 1. The van der Waals surface area contributed by atoms with Gasteiger partial charge in [0.15, 0.2) is 0 Å². The lowest BCUT2D eigenvalue weighted by molar-refractivity contribution is 0.0928. The normalized spacial score (nSPS) is 23.1. The third-order valence-electron chi connectivity index (χ3n) is 5.85. The quantitative estimate of drug-likeness (QED) is 0.781. The van der Waals surface area contributed by atoms with E-state index in [-0.39, 0.29) is 29.5 Å². The molecule has 1 aromatic carbocycles. The summed E-state index contributed by atoms with van der Waals surface area (Å²) in [6.45, 7) is 3.40. The zero-order chi connectivity index (χ0) is 20.5. The third-order valence-corrected chi connectivity index (χ3v) is 5.85. The number of methoxy groups -OCH3 is 1. The molecule has 1 aliphatic heterocycles. The lowest BCUT2D eigenvalue weighted by atomic mass is 9.95. The van der Waals surface area contributed by atoms with Crippen LogP contribution in [0.3, 0.4) is 0 Å². The Balaban J connectivity index is 1.63. The summed E-state index contributed by atoms with van der Waals surface area (Å²) in [7, 11) is 3.17. The van der Waals surface area contributed by atoms with Gasteiger partial charge in [0.2, 0.25) is 0 Å². The highest BCUT2D eigenvalue weighted by Crippen LogP contribution is 2.44. The van der Waals surface area contributed by atoms with Gasteiger partial charge in [0.25, 0.3) is 11.8 Å². The van der Waals surface area contributed by atoms with E-state index in [0.29, 0.717) is 36.3 Å². The van der Waals surface area contributed by atoms with Crippen molar-refractivity contribution in [2.75, 3.05) is 27.4 Å². The predicted octanol–water partition coefficient (Wildman–Crippen LogP) is 1.98. The van der Waals surface area contributed by atoms with Crippen LogP contribution in [0, 0.1) is 11.8 Å². The molecule has 2 aliphatic rings. The molecule has 1 aromatic heterocycles. The maximum absolute atomic E-state index is 12.9. The van der Waals surface area contributed by atoms with Gasteiger partial charge in [-0.15, -0.1) is 0 Å². The smallest absolute Gasteiger partial charge is 0.269 e. The van der Waals surface area contributed by atoms with Gasteiger partial charge in [-0.05, 0) is 29.8 Å². The standard InChI is InChI=1S/C22H25N3O4/c1-12(13-5-4-6-15(7-13)28-3)18-8-14(9-19(24-18)22(27)23-2)21(26)25-20-16-10-29-11-17(16)20/h4-9,12,16-17,20H,10-11H2,1-3H3,(H,23,27)(H,25,26)/t12-,16-,17+,20?/m1/s1. The molecule has 0 radical (unpaired) electrons. The van der Waals surface area contributed by atoms with Crippen molar-refractivity contribution < 1.29 is 19.1 Å². The Morgan fingerprint density at radius 1 is 1.17 bits per heavy atom. The molecule has 1 saturated heterocycles. The second-order valence-electron chi connectivity index (χ2n) is 7.61. The van der Waals surface area contributed by atoms with Crippen molar-refractivity contribution in [3.63, 3.8) is 0 Å². The van der Waals surface area contributed by atoms with Gasteiger partial charge >= 0.3 is 0 Å². The molecule has 4 rings (SSSR count). The molecular formula is C22H25N3O4. The van der Waals surface area contributed by atoms with Gasteiger partial charge in [-0.1, -0.05) is 19.1 Å². The monoisotopic (exact) mass is 395 g/mol. The van der Waals surface area contributed by atoms with Crippen LogP contribution in [0.5, 0.6) is 5.75 Å². The molecule has 7 heteroatoms. The van der Waals surface area contributed by atoms with E-state index in [0.717, 1.165) is 11.3 Å². The van der Waals surface area contributed by atoms with Crippen LogP contribution < -0.4 is 15.4 Å². The fraction of sp³-hybridized carbons (Fsp3) is 0.409. The third kappa shape index (κ3) is 3.82. The summed E-state index contributed by atoms with van der Waals surface area (Å²) in [6, 6.07) is 11.2. The number of carbonyl (C=O) groups excluding carboxylic acids is 2. The minimum absolute atomic E-state index is 0.116. The highest BCUT2D eigenvalue weighted by atomic mass is 16.5. The van der Waals surface area contributed by atoms with Crippen LogP contribution in [0.4, 0.5) is 0 Å². The second-order valence-corrected chi connectivity index (χ2v) is 7.61. The van der Waals surface area contributed by atoms with E-state index < -0.39 is 0 Å². The zero-order valence-corrected chi connectivity index (χ0v) is 16.8. The first-order chi connectivity index (χ1) is 14.0. The molecule has 1 unspecified atom stereocenters. The number of aromatic nitrogens is 1. The topological polar surface area (TPSA) is 89.6 Å². The summed E-state index contributed by atoms with van der Waals surface area (Å²) in [5, 5.41) is 5.67. The van der Waals surface area contributed by atoms with E-state index in [9.17, 15) is 9.59 Å². The molecule has 2 heterocycles. The molecule has 152 valence electrons. The van der Waals surface area contributed by atoms with Crippen molar-refractivity contribution in [1.29, 1.82) is 0 Å². The van der Waals surface area contributed by atoms with Crippen molar-refractivity contribution in [2.45, 2.75) is 18.9 Å². The van der Waals surface area contributed by atoms with Crippen molar-refractivity contribution in [1.82, 2.24) is 15.6 Å². The molecule has 4 atom stereocenters. The zero-order valence-electron chi connectivity index (χ0n) is 16.8. The first kappa shape index (κ1) is 19.4. The Morgan fingerprint density at radius 3 is 2.62 bits per heavy atom. The Hall–Kier alpha value is -2.93. The molecule has 2 amide bonds. The Kier molecular flexibility index (Phi) is 5.24. The number of nitrogens with one attached hydrogen (secondary N) is 2. The Morgan fingerprint density at radius 2 is 1.93 bits per heavy atom. The molecule has 7 nitrogen and oxygen atoms in total. The first-order valence-electron chi connectivity index (χ1n) is 9.78. The van der Waals surface area contributed by atoms with Crippen molar-refractivity contribution in [2.24, 2.45) is 11.8 Å². The number of nitrogens with zero attached hydrogens (tertiary/aromatic N) is 1. The summed E-state index contributed by atoms with van der Waals surface area (Å²) < 4.78 is 10.7. The molecular weight excluding hydrogens is 370 g/mol. The van der Waals surface area contributed by atoms with Crippen molar-refractivity contribution >= 4 is 11.8 Å². The molecule has 1 aliphatic carbocycles. The number of pyridine rings is 1. The summed E-state index contributed by atoms with van der Waals surface area (Å²) in [5.74, 6) is 0.947. The largest absolute Gasteiger partial charge is 0.497 e. The molecule has 2 aromatic rings. The molecule has 2 fully saturated rings. The first-order valence-corrected chi connectivity index (χ1v) is 9.78. The van der Waals surface area contributed by atoms with E-state index in [4.69, 9.17) is 9.47 Å². The van der Waals surface area contributed by atoms with Gasteiger partial charge in [-0.3, -0.25) is 9.59 Å². The number of ether oxygens (including phenoxy) is 2. The van der Waals surface area contributed by atoms with E-state index in [1.54, 1.807) is 26.3 Å². The number of benzene rings is 1. The highest BCUT2D eigenvalue weighted by molar-refractivity contribution is 5.99. The molecule has 0 spiro atoms. The minimum atomic E-state index is -0.324. The Labute approximate surface area is 169 Å².